The van der Waals surface area contributed by atoms with Crippen molar-refractivity contribution in [1.82, 2.24) is 0 Å². The highest BCUT2D eigenvalue weighted by atomic mass is 31.2. The summed E-state index contributed by atoms with van der Waals surface area (Å²) in [4.78, 5) is 11.5. The molecule has 1 aliphatic heterocycles. The molecule has 1 heterocycles. The fraction of sp³-hybridized carbons (Fsp3) is 0.222. The molecule has 2 rings (SSSR count). The average molecular weight is 212 g/mol. The molecule has 1 aliphatic carbocycles. The SMILES string of the molecule is COP1OC(=O)C2=CC=CC=C(C2)O1. The first kappa shape index (κ1) is 9.44. The first-order chi connectivity index (χ1) is 6.79. The smallest absolute Gasteiger partial charge is 0.422 e. The van der Waals surface area contributed by atoms with Crippen LogP contribution in [0.5, 0.6) is 0 Å². The third kappa shape index (κ3) is 1.86. The maximum atomic E-state index is 11.5. The minimum atomic E-state index is -1.57. The van der Waals surface area contributed by atoms with Crippen LogP contribution in [-0.4, -0.2) is 13.1 Å². The van der Waals surface area contributed by atoms with Crippen molar-refractivity contribution in [3.05, 3.63) is 35.6 Å². The molecule has 0 aromatic heterocycles. The molecule has 1 saturated heterocycles. The van der Waals surface area contributed by atoms with Crippen molar-refractivity contribution in [2.24, 2.45) is 0 Å². The lowest BCUT2D eigenvalue weighted by Crippen LogP contribution is -2.01. The highest BCUT2D eigenvalue weighted by molar-refractivity contribution is 7.42. The Balaban J connectivity index is 2.31. The van der Waals surface area contributed by atoms with E-state index in [9.17, 15) is 4.79 Å². The van der Waals surface area contributed by atoms with Gasteiger partial charge in [0.1, 0.15) is 5.76 Å². The summed E-state index contributed by atoms with van der Waals surface area (Å²) in [6, 6.07) is 0. The van der Waals surface area contributed by atoms with E-state index in [2.05, 4.69) is 0 Å². The highest BCUT2D eigenvalue weighted by Gasteiger charge is 2.28. The van der Waals surface area contributed by atoms with Crippen molar-refractivity contribution in [2.75, 3.05) is 7.11 Å². The van der Waals surface area contributed by atoms with Crippen molar-refractivity contribution in [3.63, 3.8) is 0 Å². The van der Waals surface area contributed by atoms with Crippen LogP contribution in [0.4, 0.5) is 0 Å². The predicted molar refractivity (Wildman–Crippen MR) is 51.0 cm³/mol. The summed E-state index contributed by atoms with van der Waals surface area (Å²) >= 11 is 0. The predicted octanol–water partition coefficient (Wildman–Crippen LogP) is 2.20. The van der Waals surface area contributed by atoms with Gasteiger partial charge in [-0.05, 0) is 6.08 Å². The Morgan fingerprint density at radius 2 is 2.14 bits per heavy atom. The van der Waals surface area contributed by atoms with E-state index in [4.69, 9.17) is 13.6 Å². The molecule has 0 radical (unpaired) electrons. The molecular formula is C9H9O4P. The van der Waals surface area contributed by atoms with Gasteiger partial charge in [-0.15, -0.1) is 0 Å². The van der Waals surface area contributed by atoms with E-state index in [1.807, 2.05) is 6.08 Å². The summed E-state index contributed by atoms with van der Waals surface area (Å²) in [5.41, 5.74) is 0.590. The van der Waals surface area contributed by atoms with Crippen molar-refractivity contribution < 1.29 is 18.4 Å². The van der Waals surface area contributed by atoms with Crippen molar-refractivity contribution >= 4 is 14.6 Å². The van der Waals surface area contributed by atoms with Crippen molar-refractivity contribution in [2.45, 2.75) is 6.42 Å². The summed E-state index contributed by atoms with van der Waals surface area (Å²) < 4.78 is 15.2. The van der Waals surface area contributed by atoms with Crippen molar-refractivity contribution in [3.8, 4) is 0 Å². The summed E-state index contributed by atoms with van der Waals surface area (Å²) in [6.07, 6.45) is 7.61. The largest absolute Gasteiger partial charge is 0.464 e. The van der Waals surface area contributed by atoms with Gasteiger partial charge in [0, 0.05) is 19.1 Å². The maximum absolute atomic E-state index is 11.5. The second-order valence-electron chi connectivity index (χ2n) is 2.76. The summed E-state index contributed by atoms with van der Waals surface area (Å²) in [7, 11) is -0.120. The Morgan fingerprint density at radius 3 is 2.93 bits per heavy atom. The quantitative estimate of drug-likeness (QED) is 0.625. The number of hydrogen-bond donors (Lipinski definition) is 0. The number of rotatable bonds is 1. The molecule has 0 spiro atoms. The van der Waals surface area contributed by atoms with E-state index in [0.29, 0.717) is 17.8 Å². The number of carbonyl (C=O) groups excluding carboxylic acids is 1. The number of fused-ring (bicyclic) bond motifs is 2. The fourth-order valence-corrected chi connectivity index (χ4v) is 1.91. The Morgan fingerprint density at radius 1 is 1.36 bits per heavy atom. The molecule has 14 heavy (non-hydrogen) atoms. The van der Waals surface area contributed by atoms with E-state index in [1.165, 1.54) is 7.11 Å². The minimum absolute atomic E-state index is 0.368. The molecule has 0 aromatic rings. The third-order valence-corrected chi connectivity index (χ3v) is 2.81. The Kier molecular flexibility index (Phi) is 2.66. The molecule has 0 aromatic carbocycles. The van der Waals surface area contributed by atoms with Crippen LogP contribution in [0.3, 0.4) is 0 Å². The lowest BCUT2D eigenvalue weighted by atomic mass is 10.1. The van der Waals surface area contributed by atoms with Gasteiger partial charge in [0.25, 0.3) is 0 Å². The summed E-state index contributed by atoms with van der Waals surface area (Å²) in [5.74, 6) is 0.330. The van der Waals surface area contributed by atoms with Crippen LogP contribution >= 0.6 is 8.60 Å². The summed E-state index contributed by atoms with van der Waals surface area (Å²) in [5, 5.41) is 0. The second kappa shape index (κ2) is 3.95. The molecule has 0 saturated carbocycles. The lowest BCUT2D eigenvalue weighted by molar-refractivity contribution is -0.130. The fourth-order valence-electron chi connectivity index (χ4n) is 1.16. The molecule has 0 N–H and O–H groups in total. The second-order valence-corrected chi connectivity index (χ2v) is 3.94. The van der Waals surface area contributed by atoms with Gasteiger partial charge in [-0.2, -0.15) is 0 Å². The Labute approximate surface area is 82.8 Å². The number of allylic oxidation sites excluding steroid dienone is 5. The van der Waals surface area contributed by atoms with Gasteiger partial charge in [-0.25, -0.2) is 4.79 Å². The molecular weight excluding hydrogens is 203 g/mol. The zero-order valence-electron chi connectivity index (χ0n) is 7.60. The minimum Gasteiger partial charge on any atom is -0.422 e. The maximum Gasteiger partial charge on any atom is 0.464 e. The van der Waals surface area contributed by atoms with Gasteiger partial charge in [0.15, 0.2) is 0 Å². The topological polar surface area (TPSA) is 44.8 Å². The van der Waals surface area contributed by atoms with Gasteiger partial charge in [-0.1, -0.05) is 18.2 Å². The van der Waals surface area contributed by atoms with E-state index >= 15 is 0 Å². The van der Waals surface area contributed by atoms with Gasteiger partial charge in [0.05, 0.1) is 0 Å². The van der Waals surface area contributed by atoms with Crippen LogP contribution in [0.25, 0.3) is 0 Å². The van der Waals surface area contributed by atoms with Crippen LogP contribution in [0.15, 0.2) is 35.6 Å². The molecule has 2 bridgehead atoms. The summed E-state index contributed by atoms with van der Waals surface area (Å²) in [6.45, 7) is 0. The van der Waals surface area contributed by atoms with Crippen LogP contribution in [-0.2, 0) is 18.4 Å². The average Bonchev–Trinajstić information content (AvgIpc) is 2.49. The van der Waals surface area contributed by atoms with E-state index < -0.39 is 8.60 Å². The number of carbonyl (C=O) groups is 1. The normalized spacial score (nSPS) is 25.2. The molecule has 1 atom stereocenters. The van der Waals surface area contributed by atoms with Gasteiger partial charge >= 0.3 is 14.6 Å². The first-order valence-electron chi connectivity index (χ1n) is 4.10. The van der Waals surface area contributed by atoms with Crippen LogP contribution < -0.4 is 0 Å². The lowest BCUT2D eigenvalue weighted by Gasteiger charge is -2.10. The highest BCUT2D eigenvalue weighted by Crippen LogP contribution is 2.46. The van der Waals surface area contributed by atoms with Crippen LogP contribution in [0.1, 0.15) is 6.42 Å². The zero-order chi connectivity index (χ0) is 9.97. The molecule has 2 aliphatic rings. The number of hydrogen-bond acceptors (Lipinski definition) is 4. The standard InChI is InChI=1S/C9H9O4P/c1-11-14-12-8-5-3-2-4-7(6-8)9(10)13-14/h2-5H,6H2,1H3. The molecule has 1 fully saturated rings. The molecule has 5 heteroatoms. The van der Waals surface area contributed by atoms with E-state index in [1.54, 1.807) is 18.2 Å². The zero-order valence-corrected chi connectivity index (χ0v) is 8.49. The molecule has 1 unspecified atom stereocenters. The van der Waals surface area contributed by atoms with Gasteiger partial charge in [-0.3, -0.25) is 4.52 Å². The van der Waals surface area contributed by atoms with E-state index in [-0.39, 0.29) is 5.97 Å². The molecule has 4 nitrogen and oxygen atoms in total. The monoisotopic (exact) mass is 212 g/mol. The first-order valence-corrected chi connectivity index (χ1v) is 5.20. The Hall–Kier alpha value is -1.12. The van der Waals surface area contributed by atoms with E-state index in [0.717, 1.165) is 0 Å². The van der Waals surface area contributed by atoms with Crippen molar-refractivity contribution in [1.29, 1.82) is 0 Å². The van der Waals surface area contributed by atoms with Gasteiger partial charge < -0.3 is 9.05 Å². The Bertz CT molecular complexity index is 343. The van der Waals surface area contributed by atoms with Gasteiger partial charge in [0.2, 0.25) is 0 Å². The third-order valence-electron chi connectivity index (χ3n) is 1.82. The van der Waals surface area contributed by atoms with Crippen LogP contribution in [0, 0.1) is 0 Å². The van der Waals surface area contributed by atoms with Crippen LogP contribution in [0.2, 0.25) is 0 Å². The molecule has 74 valence electrons. The molecule has 0 amide bonds.